The minimum Gasteiger partial charge on any atom is -0.342 e. The van der Waals surface area contributed by atoms with Crippen LogP contribution < -0.4 is 0 Å². The topological polar surface area (TPSA) is 41.6 Å². The Bertz CT molecular complexity index is 1130. The SMILES string of the molecule is C[C@@H](c1nc2ccc(Cl)cc2[nH]1)C1CCC(c2cnc3ccccc3c2)CC1. The summed E-state index contributed by atoms with van der Waals surface area (Å²) in [4.78, 5) is 13.0. The number of imidazole rings is 1. The highest BCUT2D eigenvalue weighted by Crippen LogP contribution is 2.41. The molecule has 1 N–H and O–H groups in total. The summed E-state index contributed by atoms with van der Waals surface area (Å²) in [7, 11) is 0. The summed E-state index contributed by atoms with van der Waals surface area (Å²) in [6.07, 6.45) is 6.99. The fraction of sp³-hybridized carbons (Fsp3) is 0.333. The molecule has 1 atom stereocenters. The Hall–Kier alpha value is -2.39. The number of rotatable bonds is 3. The van der Waals surface area contributed by atoms with Gasteiger partial charge in [-0.1, -0.05) is 36.7 Å². The smallest absolute Gasteiger partial charge is 0.110 e. The number of halogens is 1. The van der Waals surface area contributed by atoms with E-state index in [1.165, 1.54) is 36.6 Å². The van der Waals surface area contributed by atoms with Crippen LogP contribution in [0.1, 0.15) is 55.8 Å². The van der Waals surface area contributed by atoms with E-state index in [-0.39, 0.29) is 0 Å². The number of hydrogen-bond acceptors (Lipinski definition) is 2. The quantitative estimate of drug-likeness (QED) is 0.416. The van der Waals surface area contributed by atoms with Crippen LogP contribution >= 0.6 is 11.6 Å². The fourth-order valence-corrected chi connectivity index (χ4v) is 4.88. The van der Waals surface area contributed by atoms with Crippen LogP contribution in [-0.2, 0) is 0 Å². The number of pyridine rings is 1. The maximum Gasteiger partial charge on any atom is 0.110 e. The molecule has 3 nitrogen and oxygen atoms in total. The predicted octanol–water partition coefficient (Wildman–Crippen LogP) is 6.84. The molecule has 0 spiro atoms. The normalized spacial score (nSPS) is 21.2. The minimum atomic E-state index is 0.432. The number of para-hydroxylation sites is 1. The molecule has 0 unspecified atom stereocenters. The Balaban J connectivity index is 1.30. The Morgan fingerprint density at radius 3 is 2.68 bits per heavy atom. The summed E-state index contributed by atoms with van der Waals surface area (Å²) in [5.74, 6) is 2.81. The summed E-state index contributed by atoms with van der Waals surface area (Å²) >= 11 is 6.11. The highest BCUT2D eigenvalue weighted by Gasteiger charge is 2.28. The lowest BCUT2D eigenvalue weighted by molar-refractivity contribution is 0.286. The molecular formula is C24H24ClN3. The summed E-state index contributed by atoms with van der Waals surface area (Å²) in [6.45, 7) is 2.31. The number of H-pyrrole nitrogens is 1. The lowest BCUT2D eigenvalue weighted by Crippen LogP contribution is -2.19. The molecule has 0 amide bonds. The molecule has 0 radical (unpaired) electrons. The Kier molecular flexibility index (Phi) is 4.56. The zero-order chi connectivity index (χ0) is 19.1. The number of aromatic nitrogens is 3. The van der Waals surface area contributed by atoms with E-state index in [1.807, 2.05) is 24.3 Å². The first-order valence-electron chi connectivity index (χ1n) is 10.2. The highest BCUT2D eigenvalue weighted by molar-refractivity contribution is 6.31. The van der Waals surface area contributed by atoms with Crippen molar-refractivity contribution in [3.05, 3.63) is 71.1 Å². The molecule has 1 aliphatic rings. The van der Waals surface area contributed by atoms with Crippen molar-refractivity contribution in [2.45, 2.75) is 44.4 Å². The second-order valence-corrected chi connectivity index (χ2v) is 8.58. The Labute approximate surface area is 170 Å². The van der Waals surface area contributed by atoms with E-state index in [0.29, 0.717) is 17.8 Å². The van der Waals surface area contributed by atoms with E-state index in [0.717, 1.165) is 27.4 Å². The molecule has 5 rings (SSSR count). The van der Waals surface area contributed by atoms with Crippen molar-refractivity contribution in [3.63, 3.8) is 0 Å². The number of benzene rings is 2. The molecule has 2 aromatic heterocycles. The van der Waals surface area contributed by atoms with Gasteiger partial charge in [-0.05, 0) is 73.4 Å². The molecule has 0 aliphatic heterocycles. The zero-order valence-electron chi connectivity index (χ0n) is 16.0. The van der Waals surface area contributed by atoms with Gasteiger partial charge in [-0.2, -0.15) is 0 Å². The van der Waals surface area contributed by atoms with Gasteiger partial charge in [0.15, 0.2) is 0 Å². The van der Waals surface area contributed by atoms with Gasteiger partial charge in [-0.3, -0.25) is 4.98 Å². The lowest BCUT2D eigenvalue weighted by Gasteiger charge is -2.31. The number of fused-ring (bicyclic) bond motifs is 2. The number of hydrogen-bond donors (Lipinski definition) is 1. The third-order valence-corrected chi connectivity index (χ3v) is 6.69. The average Bonchev–Trinajstić information content (AvgIpc) is 3.16. The summed E-state index contributed by atoms with van der Waals surface area (Å²) in [6, 6.07) is 16.6. The third kappa shape index (κ3) is 3.29. The number of nitrogens with zero attached hydrogens (tertiary/aromatic N) is 2. The third-order valence-electron chi connectivity index (χ3n) is 6.46. The fourth-order valence-electron chi connectivity index (χ4n) is 4.70. The van der Waals surface area contributed by atoms with E-state index >= 15 is 0 Å². The van der Waals surface area contributed by atoms with Gasteiger partial charge in [-0.25, -0.2) is 4.98 Å². The van der Waals surface area contributed by atoms with Gasteiger partial charge in [0.1, 0.15) is 5.82 Å². The Morgan fingerprint density at radius 2 is 1.82 bits per heavy atom. The van der Waals surface area contributed by atoms with Crippen molar-refractivity contribution in [1.29, 1.82) is 0 Å². The molecular weight excluding hydrogens is 366 g/mol. The van der Waals surface area contributed by atoms with Crippen LogP contribution in [0.3, 0.4) is 0 Å². The molecule has 4 aromatic rings. The van der Waals surface area contributed by atoms with Crippen LogP contribution in [0.5, 0.6) is 0 Å². The number of nitrogens with one attached hydrogen (secondary N) is 1. The van der Waals surface area contributed by atoms with Gasteiger partial charge in [0, 0.05) is 22.5 Å². The van der Waals surface area contributed by atoms with Crippen molar-refractivity contribution in [2.24, 2.45) is 5.92 Å². The zero-order valence-corrected chi connectivity index (χ0v) is 16.8. The monoisotopic (exact) mass is 389 g/mol. The van der Waals surface area contributed by atoms with Crippen LogP contribution in [0.15, 0.2) is 54.7 Å². The van der Waals surface area contributed by atoms with Gasteiger partial charge >= 0.3 is 0 Å². The van der Waals surface area contributed by atoms with Crippen molar-refractivity contribution in [2.75, 3.05) is 0 Å². The lowest BCUT2D eigenvalue weighted by atomic mass is 9.74. The van der Waals surface area contributed by atoms with Crippen LogP contribution in [-0.4, -0.2) is 15.0 Å². The average molecular weight is 390 g/mol. The van der Waals surface area contributed by atoms with E-state index in [2.05, 4.69) is 47.4 Å². The first-order chi connectivity index (χ1) is 13.7. The first kappa shape index (κ1) is 17.7. The summed E-state index contributed by atoms with van der Waals surface area (Å²) in [5.41, 5.74) is 4.51. The molecule has 1 aliphatic carbocycles. The van der Waals surface area contributed by atoms with Gasteiger partial charge in [0.25, 0.3) is 0 Å². The van der Waals surface area contributed by atoms with E-state index in [9.17, 15) is 0 Å². The molecule has 4 heteroatoms. The second-order valence-electron chi connectivity index (χ2n) is 8.15. The van der Waals surface area contributed by atoms with Crippen LogP contribution in [0.4, 0.5) is 0 Å². The van der Waals surface area contributed by atoms with Gasteiger partial charge in [-0.15, -0.1) is 0 Å². The predicted molar refractivity (Wildman–Crippen MR) is 116 cm³/mol. The molecule has 1 fully saturated rings. The van der Waals surface area contributed by atoms with Crippen molar-refractivity contribution < 1.29 is 0 Å². The molecule has 2 aromatic carbocycles. The van der Waals surface area contributed by atoms with Crippen molar-refractivity contribution in [1.82, 2.24) is 15.0 Å². The molecule has 28 heavy (non-hydrogen) atoms. The van der Waals surface area contributed by atoms with Crippen molar-refractivity contribution >= 4 is 33.5 Å². The number of aromatic amines is 1. The first-order valence-corrected chi connectivity index (χ1v) is 10.5. The highest BCUT2D eigenvalue weighted by atomic mass is 35.5. The maximum absolute atomic E-state index is 6.11. The van der Waals surface area contributed by atoms with Gasteiger partial charge < -0.3 is 4.98 Å². The van der Waals surface area contributed by atoms with E-state index < -0.39 is 0 Å². The molecule has 2 heterocycles. The van der Waals surface area contributed by atoms with E-state index in [4.69, 9.17) is 16.6 Å². The van der Waals surface area contributed by atoms with Gasteiger partial charge in [0.2, 0.25) is 0 Å². The van der Waals surface area contributed by atoms with E-state index in [1.54, 1.807) is 0 Å². The van der Waals surface area contributed by atoms with Gasteiger partial charge in [0.05, 0.1) is 16.6 Å². The van der Waals surface area contributed by atoms with Crippen LogP contribution in [0.2, 0.25) is 5.02 Å². The molecule has 0 bridgehead atoms. The van der Waals surface area contributed by atoms with Crippen molar-refractivity contribution in [3.8, 4) is 0 Å². The van der Waals surface area contributed by atoms with Crippen LogP contribution in [0.25, 0.3) is 21.9 Å². The Morgan fingerprint density at radius 1 is 1.00 bits per heavy atom. The second kappa shape index (κ2) is 7.21. The summed E-state index contributed by atoms with van der Waals surface area (Å²) in [5, 5.41) is 2.00. The minimum absolute atomic E-state index is 0.432. The largest absolute Gasteiger partial charge is 0.342 e. The molecule has 1 saturated carbocycles. The molecule has 0 saturated heterocycles. The standard InChI is InChI=1S/C24H24ClN3/c1-15(24-27-22-11-10-20(25)13-23(22)28-24)16-6-8-17(9-7-16)19-12-18-4-2-3-5-21(18)26-14-19/h2-5,10-17H,6-9H2,1H3,(H,27,28)/t15-,16?,17?/m1/s1. The molecule has 142 valence electrons. The maximum atomic E-state index is 6.11. The summed E-state index contributed by atoms with van der Waals surface area (Å²) < 4.78 is 0. The van der Waals surface area contributed by atoms with Crippen LogP contribution in [0, 0.1) is 5.92 Å².